The van der Waals surface area contributed by atoms with E-state index in [4.69, 9.17) is 5.73 Å². The van der Waals surface area contributed by atoms with E-state index in [1.165, 1.54) is 0 Å². The Morgan fingerprint density at radius 2 is 2.36 bits per heavy atom. The quantitative estimate of drug-likeness (QED) is 0.648. The maximum atomic E-state index is 5.51. The summed E-state index contributed by atoms with van der Waals surface area (Å²) in [6, 6.07) is 3.99. The predicted octanol–water partition coefficient (Wildman–Crippen LogP) is 0.793. The van der Waals surface area contributed by atoms with Crippen LogP contribution in [-0.2, 0) is 6.54 Å². The van der Waals surface area contributed by atoms with Crippen molar-refractivity contribution in [2.75, 3.05) is 0 Å². The van der Waals surface area contributed by atoms with E-state index in [2.05, 4.69) is 4.98 Å². The molecule has 2 rings (SSSR count). The number of hydrogen-bond acceptors (Lipinski definition) is 2. The van der Waals surface area contributed by atoms with Crippen LogP contribution < -0.4 is 5.73 Å². The van der Waals surface area contributed by atoms with Gasteiger partial charge in [-0.1, -0.05) is 0 Å². The Balaban J connectivity index is 2.79. The smallest absolute Gasteiger partial charge is 0.0637 e. The number of rotatable bonds is 1. The molecule has 0 unspecified atom stereocenters. The van der Waals surface area contributed by atoms with Gasteiger partial charge in [-0.15, -0.1) is 0 Å². The first kappa shape index (κ1) is 6.37. The highest BCUT2D eigenvalue weighted by Gasteiger charge is 1.95. The highest BCUT2D eigenvalue weighted by atomic mass is 14.9. The molecule has 0 amide bonds. The van der Waals surface area contributed by atoms with Crippen LogP contribution in [0.2, 0.25) is 0 Å². The number of nitrogens with two attached hydrogens (primary N) is 1. The van der Waals surface area contributed by atoms with Gasteiger partial charge in [-0.25, -0.2) is 0 Å². The average Bonchev–Trinajstić information content (AvgIpc) is 2.50. The summed E-state index contributed by atoms with van der Waals surface area (Å²) in [7, 11) is 0. The van der Waals surface area contributed by atoms with Gasteiger partial charge >= 0.3 is 0 Å². The molecule has 3 nitrogen and oxygen atoms in total. The highest BCUT2D eigenvalue weighted by molar-refractivity contribution is 5.45. The molecule has 0 aliphatic rings. The molecule has 3 heteroatoms. The van der Waals surface area contributed by atoms with E-state index in [1.54, 1.807) is 6.20 Å². The third-order valence-corrected chi connectivity index (χ3v) is 1.73. The third-order valence-electron chi connectivity index (χ3n) is 1.73. The minimum absolute atomic E-state index is 0.527. The zero-order chi connectivity index (χ0) is 7.68. The summed E-state index contributed by atoms with van der Waals surface area (Å²) in [5.41, 5.74) is 7.64. The molecule has 0 fully saturated rings. The summed E-state index contributed by atoms with van der Waals surface area (Å²) >= 11 is 0. The average molecular weight is 147 g/mol. The minimum Gasteiger partial charge on any atom is -0.325 e. The van der Waals surface area contributed by atoms with Crippen LogP contribution in [0.5, 0.6) is 0 Å². The molecule has 2 heterocycles. The van der Waals surface area contributed by atoms with Gasteiger partial charge in [0.25, 0.3) is 0 Å². The first-order chi connectivity index (χ1) is 5.42. The Hall–Kier alpha value is -1.35. The first-order valence-corrected chi connectivity index (χ1v) is 3.52. The van der Waals surface area contributed by atoms with Crippen molar-refractivity contribution in [2.45, 2.75) is 6.54 Å². The number of nitrogens with zero attached hydrogens (tertiary/aromatic N) is 2. The van der Waals surface area contributed by atoms with Gasteiger partial charge in [0, 0.05) is 18.9 Å². The summed E-state index contributed by atoms with van der Waals surface area (Å²) in [6.45, 7) is 0.527. The van der Waals surface area contributed by atoms with E-state index in [1.807, 2.05) is 28.9 Å². The van der Waals surface area contributed by atoms with Crippen LogP contribution in [0.3, 0.4) is 0 Å². The lowest BCUT2D eigenvalue weighted by molar-refractivity contribution is 0.927. The Bertz CT molecular complexity index is 364. The fourth-order valence-electron chi connectivity index (χ4n) is 1.17. The first-order valence-electron chi connectivity index (χ1n) is 3.52. The van der Waals surface area contributed by atoms with Gasteiger partial charge in [0.15, 0.2) is 0 Å². The maximum absolute atomic E-state index is 5.51. The maximum Gasteiger partial charge on any atom is 0.0637 e. The summed E-state index contributed by atoms with van der Waals surface area (Å²) in [4.78, 5) is 4.06. The summed E-state index contributed by atoms with van der Waals surface area (Å²) in [6.07, 6.45) is 5.59. The molecule has 2 aromatic heterocycles. The molecule has 0 aliphatic heterocycles. The van der Waals surface area contributed by atoms with Crippen molar-refractivity contribution in [1.29, 1.82) is 0 Å². The standard InChI is InChI=1S/C8H9N3/c9-4-8-6-10-5-7-2-1-3-11(7)8/h1-3,5-6H,4,9H2. The molecule has 0 spiro atoms. The lowest BCUT2D eigenvalue weighted by Crippen LogP contribution is -2.03. The Morgan fingerprint density at radius 3 is 3.18 bits per heavy atom. The number of fused-ring (bicyclic) bond motifs is 1. The normalized spacial score (nSPS) is 10.6. The van der Waals surface area contributed by atoms with Crippen LogP contribution in [0.1, 0.15) is 5.69 Å². The highest BCUT2D eigenvalue weighted by Crippen LogP contribution is 2.05. The van der Waals surface area contributed by atoms with E-state index < -0.39 is 0 Å². The molecular formula is C8H9N3. The van der Waals surface area contributed by atoms with Gasteiger partial charge in [0.05, 0.1) is 17.4 Å². The van der Waals surface area contributed by atoms with Crippen LogP contribution in [0.15, 0.2) is 30.7 Å². The Kier molecular flexibility index (Phi) is 1.36. The molecule has 0 aromatic carbocycles. The number of hydrogen-bond donors (Lipinski definition) is 1. The van der Waals surface area contributed by atoms with Crippen LogP contribution in [-0.4, -0.2) is 9.38 Å². The monoisotopic (exact) mass is 147 g/mol. The minimum atomic E-state index is 0.527. The lowest BCUT2D eigenvalue weighted by atomic mass is 10.4. The second kappa shape index (κ2) is 2.36. The van der Waals surface area contributed by atoms with Crippen molar-refractivity contribution in [2.24, 2.45) is 5.73 Å². The van der Waals surface area contributed by atoms with Gasteiger partial charge in [-0.3, -0.25) is 4.98 Å². The summed E-state index contributed by atoms with van der Waals surface area (Å²) < 4.78 is 2.03. The van der Waals surface area contributed by atoms with E-state index in [0.717, 1.165) is 11.2 Å². The van der Waals surface area contributed by atoms with E-state index >= 15 is 0 Å². The zero-order valence-corrected chi connectivity index (χ0v) is 6.07. The van der Waals surface area contributed by atoms with E-state index in [0.29, 0.717) is 6.54 Å². The van der Waals surface area contributed by atoms with Crippen molar-refractivity contribution in [3.8, 4) is 0 Å². The van der Waals surface area contributed by atoms with Gasteiger partial charge in [-0.2, -0.15) is 0 Å². The van der Waals surface area contributed by atoms with Crippen molar-refractivity contribution >= 4 is 5.52 Å². The van der Waals surface area contributed by atoms with E-state index in [9.17, 15) is 0 Å². The molecule has 11 heavy (non-hydrogen) atoms. The van der Waals surface area contributed by atoms with Gasteiger partial charge < -0.3 is 10.1 Å². The van der Waals surface area contributed by atoms with Crippen LogP contribution in [0, 0.1) is 0 Å². The van der Waals surface area contributed by atoms with Crippen LogP contribution in [0.4, 0.5) is 0 Å². The zero-order valence-electron chi connectivity index (χ0n) is 6.07. The molecule has 0 saturated carbocycles. The molecule has 0 aliphatic carbocycles. The van der Waals surface area contributed by atoms with Crippen molar-refractivity contribution in [3.63, 3.8) is 0 Å². The van der Waals surface area contributed by atoms with Crippen molar-refractivity contribution in [1.82, 2.24) is 9.38 Å². The van der Waals surface area contributed by atoms with Gasteiger partial charge in [-0.05, 0) is 12.1 Å². The van der Waals surface area contributed by atoms with Crippen molar-refractivity contribution in [3.05, 3.63) is 36.4 Å². The topological polar surface area (TPSA) is 43.3 Å². The third kappa shape index (κ3) is 0.897. The Morgan fingerprint density at radius 1 is 1.45 bits per heavy atom. The summed E-state index contributed by atoms with van der Waals surface area (Å²) in [5, 5.41) is 0. The van der Waals surface area contributed by atoms with E-state index in [-0.39, 0.29) is 0 Å². The summed E-state index contributed by atoms with van der Waals surface area (Å²) in [5.74, 6) is 0. The fraction of sp³-hybridized carbons (Fsp3) is 0.125. The van der Waals surface area contributed by atoms with Crippen LogP contribution in [0.25, 0.3) is 5.52 Å². The lowest BCUT2D eigenvalue weighted by Gasteiger charge is -2.00. The molecule has 2 N–H and O–H groups in total. The molecule has 56 valence electrons. The molecule has 0 bridgehead atoms. The van der Waals surface area contributed by atoms with Crippen molar-refractivity contribution < 1.29 is 0 Å². The SMILES string of the molecule is NCc1cncc2cccn12. The largest absolute Gasteiger partial charge is 0.325 e. The second-order valence-corrected chi connectivity index (χ2v) is 2.41. The second-order valence-electron chi connectivity index (χ2n) is 2.41. The van der Waals surface area contributed by atoms with Gasteiger partial charge in [0.2, 0.25) is 0 Å². The molecule has 2 aromatic rings. The molecule has 0 saturated heterocycles. The molecule has 0 atom stereocenters. The molecule has 0 radical (unpaired) electrons. The number of aromatic nitrogens is 2. The van der Waals surface area contributed by atoms with Crippen LogP contribution >= 0.6 is 0 Å². The van der Waals surface area contributed by atoms with Gasteiger partial charge in [0.1, 0.15) is 0 Å². The predicted molar refractivity (Wildman–Crippen MR) is 43.1 cm³/mol. The fourth-order valence-corrected chi connectivity index (χ4v) is 1.17. The Labute approximate surface area is 64.5 Å². The molecular weight excluding hydrogens is 138 g/mol.